The summed E-state index contributed by atoms with van der Waals surface area (Å²) in [6.45, 7) is 3.51. The highest BCUT2D eigenvalue weighted by molar-refractivity contribution is 7.13. The van der Waals surface area contributed by atoms with Crippen molar-refractivity contribution in [3.05, 3.63) is 70.4 Å². The highest BCUT2D eigenvalue weighted by Crippen LogP contribution is 2.29. The van der Waals surface area contributed by atoms with E-state index in [0.29, 0.717) is 21.9 Å². The van der Waals surface area contributed by atoms with E-state index in [2.05, 4.69) is 4.98 Å². The second-order valence-electron chi connectivity index (χ2n) is 6.63. The van der Waals surface area contributed by atoms with Gasteiger partial charge in [-0.3, -0.25) is 4.79 Å². The van der Waals surface area contributed by atoms with Gasteiger partial charge in [0.2, 0.25) is 0 Å². The zero-order chi connectivity index (χ0) is 19.7. The molecule has 4 aromatic rings. The molecule has 0 N–H and O–H groups in total. The lowest BCUT2D eigenvalue weighted by molar-refractivity contribution is -0.137. The summed E-state index contributed by atoms with van der Waals surface area (Å²) in [7, 11) is 0. The van der Waals surface area contributed by atoms with Gasteiger partial charge >= 0.3 is 11.6 Å². The van der Waals surface area contributed by atoms with Crippen LogP contribution >= 0.6 is 11.3 Å². The molecule has 0 aliphatic heterocycles. The minimum absolute atomic E-state index is 0.242. The van der Waals surface area contributed by atoms with E-state index in [1.54, 1.807) is 38.1 Å². The molecule has 0 spiro atoms. The molecule has 0 aliphatic rings. The van der Waals surface area contributed by atoms with Gasteiger partial charge in [-0.15, -0.1) is 11.3 Å². The number of nitrogens with zero attached hydrogens (tertiary/aromatic N) is 1. The van der Waals surface area contributed by atoms with Crippen molar-refractivity contribution in [1.82, 2.24) is 4.98 Å². The number of carbonyl (C=O) groups excluding carboxylic acids is 1. The largest absolute Gasteiger partial charge is 0.426 e. The Balaban J connectivity index is 1.69. The van der Waals surface area contributed by atoms with Crippen molar-refractivity contribution in [2.24, 2.45) is 5.92 Å². The minimum atomic E-state index is -0.478. The third-order valence-corrected chi connectivity index (χ3v) is 5.08. The number of hydrogen-bond donors (Lipinski definition) is 0. The summed E-state index contributed by atoms with van der Waals surface area (Å²) < 4.78 is 10.7. The molecule has 0 aliphatic carbocycles. The average Bonchev–Trinajstić information content (AvgIpc) is 3.18. The van der Waals surface area contributed by atoms with Crippen LogP contribution in [0.5, 0.6) is 5.75 Å². The summed E-state index contributed by atoms with van der Waals surface area (Å²) in [6, 6.07) is 16.5. The zero-order valence-corrected chi connectivity index (χ0v) is 16.2. The normalized spacial score (nSPS) is 11.1. The van der Waals surface area contributed by atoms with Crippen LogP contribution in [-0.4, -0.2) is 11.0 Å². The van der Waals surface area contributed by atoms with E-state index < -0.39 is 5.63 Å². The van der Waals surface area contributed by atoms with Crippen LogP contribution in [0.3, 0.4) is 0 Å². The van der Waals surface area contributed by atoms with Crippen LogP contribution in [0, 0.1) is 5.92 Å². The van der Waals surface area contributed by atoms with Gasteiger partial charge in [-0.1, -0.05) is 44.2 Å². The zero-order valence-electron chi connectivity index (χ0n) is 15.3. The Labute approximate surface area is 165 Å². The molecule has 5 nitrogen and oxygen atoms in total. The average molecular weight is 391 g/mol. The van der Waals surface area contributed by atoms with Crippen LogP contribution in [0.15, 0.2) is 69.2 Å². The van der Waals surface area contributed by atoms with Crippen LogP contribution in [0.2, 0.25) is 0 Å². The molecule has 0 radical (unpaired) electrons. The number of aromatic nitrogens is 1. The van der Waals surface area contributed by atoms with E-state index >= 15 is 0 Å². The van der Waals surface area contributed by atoms with Crippen LogP contribution in [0.1, 0.15) is 13.8 Å². The molecule has 2 aromatic heterocycles. The maximum atomic E-state index is 12.5. The van der Waals surface area contributed by atoms with Gasteiger partial charge in [0.25, 0.3) is 0 Å². The first-order valence-corrected chi connectivity index (χ1v) is 9.70. The smallest absolute Gasteiger partial charge is 0.346 e. The lowest BCUT2D eigenvalue weighted by atomic mass is 10.1. The van der Waals surface area contributed by atoms with Gasteiger partial charge in [0.15, 0.2) is 0 Å². The van der Waals surface area contributed by atoms with Crippen LogP contribution in [-0.2, 0) is 4.79 Å². The number of esters is 1. The molecule has 0 saturated carbocycles. The van der Waals surface area contributed by atoms with Crippen molar-refractivity contribution in [3.8, 4) is 27.6 Å². The molecular weight excluding hydrogens is 374 g/mol. The topological polar surface area (TPSA) is 69.4 Å². The molecule has 2 aromatic carbocycles. The number of carbonyl (C=O) groups is 1. The lowest BCUT2D eigenvalue weighted by Crippen LogP contribution is -2.14. The molecular formula is C22H17NO4S. The first-order chi connectivity index (χ1) is 13.5. The third kappa shape index (κ3) is 3.59. The van der Waals surface area contributed by atoms with Gasteiger partial charge < -0.3 is 9.15 Å². The highest BCUT2D eigenvalue weighted by Gasteiger charge is 2.14. The van der Waals surface area contributed by atoms with E-state index in [0.717, 1.165) is 16.6 Å². The summed E-state index contributed by atoms with van der Waals surface area (Å²) in [5.74, 6) is -0.231. The molecule has 2 heterocycles. The fourth-order valence-corrected chi connectivity index (χ4v) is 3.51. The molecule has 0 saturated heterocycles. The Morgan fingerprint density at radius 2 is 1.89 bits per heavy atom. The van der Waals surface area contributed by atoms with Crippen molar-refractivity contribution < 1.29 is 13.9 Å². The summed E-state index contributed by atoms with van der Waals surface area (Å²) >= 11 is 1.39. The van der Waals surface area contributed by atoms with Crippen molar-refractivity contribution in [2.75, 3.05) is 0 Å². The van der Waals surface area contributed by atoms with E-state index in [9.17, 15) is 9.59 Å². The Kier molecular flexibility index (Phi) is 4.79. The number of ether oxygens (including phenoxy) is 1. The Hall–Kier alpha value is -3.25. The summed E-state index contributed by atoms with van der Waals surface area (Å²) in [5, 5.41) is 3.25. The van der Waals surface area contributed by atoms with Crippen molar-refractivity contribution in [1.29, 1.82) is 0 Å². The maximum absolute atomic E-state index is 12.5. The van der Waals surface area contributed by atoms with Crippen LogP contribution < -0.4 is 10.4 Å². The first-order valence-electron chi connectivity index (χ1n) is 8.82. The number of rotatable bonds is 4. The van der Waals surface area contributed by atoms with E-state index in [1.807, 2.05) is 35.7 Å². The summed E-state index contributed by atoms with van der Waals surface area (Å²) in [6.07, 6.45) is 0. The van der Waals surface area contributed by atoms with Crippen molar-refractivity contribution in [2.45, 2.75) is 13.8 Å². The predicted molar refractivity (Wildman–Crippen MR) is 110 cm³/mol. The molecule has 0 fully saturated rings. The van der Waals surface area contributed by atoms with Gasteiger partial charge in [0.1, 0.15) is 16.3 Å². The van der Waals surface area contributed by atoms with Gasteiger partial charge in [-0.2, -0.15) is 0 Å². The Bertz CT molecular complexity index is 1210. The fourth-order valence-electron chi connectivity index (χ4n) is 2.68. The lowest BCUT2D eigenvalue weighted by Gasteiger charge is -2.07. The van der Waals surface area contributed by atoms with Crippen molar-refractivity contribution in [3.63, 3.8) is 0 Å². The Morgan fingerprint density at radius 1 is 1.11 bits per heavy atom. The van der Waals surface area contributed by atoms with Gasteiger partial charge in [-0.25, -0.2) is 9.78 Å². The quantitative estimate of drug-likeness (QED) is 0.273. The number of fused-ring (bicyclic) bond motifs is 1. The Morgan fingerprint density at radius 3 is 2.64 bits per heavy atom. The standard InChI is InChI=1S/C22H17NO4S/c1-13(2)21(24)26-16-9-8-15-10-17(22(25)27-19(15)11-16)20-23-18(12-28-20)14-6-4-3-5-7-14/h3-13H,1-2H3. The van der Waals surface area contributed by atoms with Crippen LogP contribution in [0.25, 0.3) is 32.8 Å². The number of benzene rings is 2. The van der Waals surface area contributed by atoms with E-state index in [1.165, 1.54) is 11.3 Å². The molecule has 0 atom stereocenters. The third-order valence-electron chi connectivity index (χ3n) is 4.20. The molecule has 4 rings (SSSR count). The van der Waals surface area contributed by atoms with Gasteiger partial charge in [0.05, 0.1) is 17.2 Å². The molecule has 0 bridgehead atoms. The highest BCUT2D eigenvalue weighted by atomic mass is 32.1. The SMILES string of the molecule is CC(C)C(=O)Oc1ccc2cc(-c3nc(-c4ccccc4)cs3)c(=O)oc2c1. The monoisotopic (exact) mass is 391 g/mol. The minimum Gasteiger partial charge on any atom is -0.426 e. The van der Waals surface area contributed by atoms with Gasteiger partial charge in [0, 0.05) is 22.4 Å². The van der Waals surface area contributed by atoms with E-state index in [4.69, 9.17) is 9.15 Å². The molecule has 0 unspecified atom stereocenters. The van der Waals surface area contributed by atoms with Crippen molar-refractivity contribution >= 4 is 28.3 Å². The molecule has 28 heavy (non-hydrogen) atoms. The summed E-state index contributed by atoms with van der Waals surface area (Å²) in [4.78, 5) is 28.8. The predicted octanol–water partition coefficient (Wildman–Crippen LogP) is 5.14. The molecule has 6 heteroatoms. The van der Waals surface area contributed by atoms with Crippen LogP contribution in [0.4, 0.5) is 0 Å². The second-order valence-corrected chi connectivity index (χ2v) is 7.48. The molecule has 140 valence electrons. The number of hydrogen-bond acceptors (Lipinski definition) is 6. The second kappa shape index (κ2) is 7.40. The first kappa shape index (κ1) is 18.1. The maximum Gasteiger partial charge on any atom is 0.346 e. The molecule has 0 amide bonds. The van der Waals surface area contributed by atoms with E-state index in [-0.39, 0.29) is 11.9 Å². The number of thiazole rings is 1. The summed E-state index contributed by atoms with van der Waals surface area (Å²) in [5.41, 5.74) is 2.10. The fraction of sp³-hybridized carbons (Fsp3) is 0.136. The van der Waals surface area contributed by atoms with Gasteiger partial charge in [-0.05, 0) is 18.2 Å².